The van der Waals surface area contributed by atoms with Gasteiger partial charge in [-0.3, -0.25) is 0 Å². The molecule has 7 heteroatoms. The van der Waals surface area contributed by atoms with Gasteiger partial charge in [-0.15, -0.1) is 11.3 Å². The molecule has 4 rings (SSSR count). The SMILES string of the molecule is COc1ccccc1C(=O)Oc1ccc2c(c1)OC(N)=C(C#N)C2c1cccs1. The number of nitrogens with two attached hydrogens (primary N) is 1. The number of allylic oxidation sites excluding steroid dienone is 1. The second kappa shape index (κ2) is 7.70. The monoisotopic (exact) mass is 404 g/mol. The van der Waals surface area contributed by atoms with Crippen molar-refractivity contribution in [2.24, 2.45) is 5.73 Å². The summed E-state index contributed by atoms with van der Waals surface area (Å²) in [4.78, 5) is 13.5. The Balaban J connectivity index is 1.68. The predicted molar refractivity (Wildman–Crippen MR) is 108 cm³/mol. The van der Waals surface area contributed by atoms with Gasteiger partial charge in [0.2, 0.25) is 5.88 Å². The molecule has 2 N–H and O–H groups in total. The fraction of sp³-hybridized carbons (Fsp3) is 0.0909. The van der Waals surface area contributed by atoms with E-state index in [0.717, 1.165) is 10.4 Å². The maximum absolute atomic E-state index is 12.6. The number of esters is 1. The van der Waals surface area contributed by atoms with Crippen LogP contribution in [0.2, 0.25) is 0 Å². The number of fused-ring (bicyclic) bond motifs is 1. The number of thiophene rings is 1. The summed E-state index contributed by atoms with van der Waals surface area (Å²) < 4.78 is 16.4. The van der Waals surface area contributed by atoms with E-state index >= 15 is 0 Å². The Kier molecular flexibility index (Phi) is 4.94. The zero-order valence-corrected chi connectivity index (χ0v) is 16.2. The van der Waals surface area contributed by atoms with Gasteiger partial charge in [0.15, 0.2) is 0 Å². The maximum atomic E-state index is 12.6. The van der Waals surface area contributed by atoms with Gasteiger partial charge in [0.05, 0.1) is 13.0 Å². The summed E-state index contributed by atoms with van der Waals surface area (Å²) in [6.45, 7) is 0. The van der Waals surface area contributed by atoms with Crippen LogP contribution in [-0.2, 0) is 0 Å². The van der Waals surface area contributed by atoms with E-state index in [0.29, 0.717) is 28.4 Å². The minimum Gasteiger partial charge on any atom is -0.496 e. The lowest BCUT2D eigenvalue weighted by Gasteiger charge is -2.25. The number of para-hydroxylation sites is 1. The van der Waals surface area contributed by atoms with E-state index in [4.69, 9.17) is 19.9 Å². The smallest absolute Gasteiger partial charge is 0.347 e. The van der Waals surface area contributed by atoms with Crippen molar-refractivity contribution in [1.29, 1.82) is 5.26 Å². The van der Waals surface area contributed by atoms with Gasteiger partial charge in [0.1, 0.15) is 34.5 Å². The number of carbonyl (C=O) groups excluding carboxylic acids is 1. The Morgan fingerprint density at radius 2 is 2.03 bits per heavy atom. The van der Waals surface area contributed by atoms with E-state index in [9.17, 15) is 10.1 Å². The van der Waals surface area contributed by atoms with Crippen molar-refractivity contribution in [2.45, 2.75) is 5.92 Å². The van der Waals surface area contributed by atoms with Gasteiger partial charge in [0, 0.05) is 16.5 Å². The molecule has 1 atom stereocenters. The lowest BCUT2D eigenvalue weighted by Crippen LogP contribution is -2.20. The molecule has 2 heterocycles. The summed E-state index contributed by atoms with van der Waals surface area (Å²) in [5.74, 6) is 0.363. The number of benzene rings is 2. The molecule has 29 heavy (non-hydrogen) atoms. The highest BCUT2D eigenvalue weighted by Gasteiger charge is 2.31. The summed E-state index contributed by atoms with van der Waals surface area (Å²) in [6, 6.07) is 17.9. The Morgan fingerprint density at radius 1 is 1.21 bits per heavy atom. The van der Waals surface area contributed by atoms with Crippen LogP contribution in [-0.4, -0.2) is 13.1 Å². The highest BCUT2D eigenvalue weighted by molar-refractivity contribution is 7.10. The number of rotatable bonds is 4. The van der Waals surface area contributed by atoms with Crippen LogP contribution in [0, 0.1) is 11.3 Å². The average molecular weight is 404 g/mol. The molecule has 1 unspecified atom stereocenters. The molecule has 3 aromatic rings. The topological polar surface area (TPSA) is 94.6 Å². The highest BCUT2D eigenvalue weighted by atomic mass is 32.1. The van der Waals surface area contributed by atoms with Crippen LogP contribution >= 0.6 is 11.3 Å². The standard InChI is InChI=1S/C22H16N2O4S/c1-26-17-6-3-2-5-15(17)22(25)27-13-8-9-14-18(11-13)28-21(24)16(12-23)20(14)19-7-4-10-29-19/h2-11,20H,24H2,1H3. The molecule has 0 spiro atoms. The van der Waals surface area contributed by atoms with Crippen LogP contribution in [0.5, 0.6) is 17.2 Å². The van der Waals surface area contributed by atoms with Gasteiger partial charge in [-0.25, -0.2) is 4.79 Å². The van der Waals surface area contributed by atoms with Crippen molar-refractivity contribution in [3.63, 3.8) is 0 Å². The first-order chi connectivity index (χ1) is 14.1. The van der Waals surface area contributed by atoms with Crippen molar-refractivity contribution < 1.29 is 19.0 Å². The molecule has 0 aliphatic carbocycles. The lowest BCUT2D eigenvalue weighted by molar-refractivity contribution is 0.0731. The fourth-order valence-electron chi connectivity index (χ4n) is 3.22. The number of methoxy groups -OCH3 is 1. The Hall–Kier alpha value is -3.76. The number of carbonyl (C=O) groups is 1. The zero-order valence-electron chi connectivity index (χ0n) is 15.4. The summed E-state index contributed by atoms with van der Waals surface area (Å²) in [6.07, 6.45) is 0. The van der Waals surface area contributed by atoms with Gasteiger partial charge in [-0.05, 0) is 29.6 Å². The molecule has 0 bridgehead atoms. The maximum Gasteiger partial charge on any atom is 0.347 e. The first-order valence-corrected chi connectivity index (χ1v) is 9.60. The van der Waals surface area contributed by atoms with Crippen molar-refractivity contribution in [1.82, 2.24) is 0 Å². The van der Waals surface area contributed by atoms with Crippen LogP contribution in [0.3, 0.4) is 0 Å². The van der Waals surface area contributed by atoms with Crippen molar-refractivity contribution in [2.75, 3.05) is 7.11 Å². The van der Waals surface area contributed by atoms with E-state index in [1.54, 1.807) is 42.5 Å². The summed E-state index contributed by atoms with van der Waals surface area (Å²) >= 11 is 1.53. The third-order valence-corrected chi connectivity index (χ3v) is 5.49. The lowest BCUT2D eigenvalue weighted by atomic mass is 9.88. The molecular formula is C22H16N2O4S. The van der Waals surface area contributed by atoms with Gasteiger partial charge >= 0.3 is 5.97 Å². The molecule has 0 fully saturated rings. The molecule has 1 aliphatic rings. The fourth-order valence-corrected chi connectivity index (χ4v) is 4.07. The number of nitrogens with zero attached hydrogens (tertiary/aromatic N) is 1. The number of hydrogen-bond donors (Lipinski definition) is 1. The quantitative estimate of drug-likeness (QED) is 0.517. The molecule has 0 radical (unpaired) electrons. The van der Waals surface area contributed by atoms with Crippen molar-refractivity contribution >= 4 is 17.3 Å². The van der Waals surface area contributed by atoms with Crippen LogP contribution < -0.4 is 19.9 Å². The Labute approximate surface area is 171 Å². The molecule has 6 nitrogen and oxygen atoms in total. The third-order valence-electron chi connectivity index (χ3n) is 4.56. The number of ether oxygens (including phenoxy) is 3. The molecule has 2 aromatic carbocycles. The normalized spacial score (nSPS) is 15.1. The van der Waals surface area contributed by atoms with E-state index in [-0.39, 0.29) is 11.8 Å². The van der Waals surface area contributed by atoms with E-state index in [1.807, 2.05) is 17.5 Å². The Morgan fingerprint density at radius 3 is 2.76 bits per heavy atom. The minimum absolute atomic E-state index is 0.0478. The summed E-state index contributed by atoms with van der Waals surface area (Å²) in [5.41, 5.74) is 7.46. The largest absolute Gasteiger partial charge is 0.496 e. The van der Waals surface area contributed by atoms with Crippen LogP contribution in [0.15, 0.2) is 71.4 Å². The van der Waals surface area contributed by atoms with Gasteiger partial charge < -0.3 is 19.9 Å². The molecule has 0 saturated heterocycles. The van der Waals surface area contributed by atoms with Gasteiger partial charge in [-0.2, -0.15) is 5.26 Å². The third kappa shape index (κ3) is 3.42. The van der Waals surface area contributed by atoms with Gasteiger partial charge in [-0.1, -0.05) is 24.3 Å². The summed E-state index contributed by atoms with van der Waals surface area (Å²) in [7, 11) is 1.49. The van der Waals surface area contributed by atoms with Crippen LogP contribution in [0.25, 0.3) is 0 Å². The Bertz CT molecular complexity index is 1150. The second-order valence-electron chi connectivity index (χ2n) is 6.23. The van der Waals surface area contributed by atoms with Crippen molar-refractivity contribution in [3.05, 3.63) is 87.4 Å². The van der Waals surface area contributed by atoms with Crippen LogP contribution in [0.4, 0.5) is 0 Å². The second-order valence-corrected chi connectivity index (χ2v) is 7.21. The highest BCUT2D eigenvalue weighted by Crippen LogP contribution is 2.44. The molecule has 1 aromatic heterocycles. The molecule has 0 saturated carbocycles. The zero-order chi connectivity index (χ0) is 20.4. The van der Waals surface area contributed by atoms with Crippen LogP contribution in [0.1, 0.15) is 26.7 Å². The van der Waals surface area contributed by atoms with E-state index < -0.39 is 5.97 Å². The predicted octanol–water partition coefficient (Wildman–Crippen LogP) is 4.19. The first-order valence-electron chi connectivity index (χ1n) is 8.72. The number of nitriles is 1. The van der Waals surface area contributed by atoms with E-state index in [2.05, 4.69) is 6.07 Å². The summed E-state index contributed by atoms with van der Waals surface area (Å²) in [5, 5.41) is 11.5. The minimum atomic E-state index is -0.547. The van der Waals surface area contributed by atoms with Gasteiger partial charge in [0.25, 0.3) is 0 Å². The first kappa shape index (κ1) is 18.6. The van der Waals surface area contributed by atoms with E-state index in [1.165, 1.54) is 18.4 Å². The number of hydrogen-bond acceptors (Lipinski definition) is 7. The molecular weight excluding hydrogens is 388 g/mol. The molecule has 144 valence electrons. The average Bonchev–Trinajstić information content (AvgIpc) is 3.27. The molecule has 1 aliphatic heterocycles. The van der Waals surface area contributed by atoms with Crippen molar-refractivity contribution in [3.8, 4) is 23.3 Å². The molecule has 0 amide bonds.